The normalized spacial score (nSPS) is 11.8. The Labute approximate surface area is 104 Å². The van der Waals surface area contributed by atoms with Crippen molar-refractivity contribution in [1.82, 2.24) is 4.72 Å². The Morgan fingerprint density at radius 3 is 2.12 bits per heavy atom. The first-order chi connectivity index (χ1) is 7.85. The van der Waals surface area contributed by atoms with E-state index in [9.17, 15) is 8.42 Å². The van der Waals surface area contributed by atoms with Crippen LogP contribution in [0.4, 0.5) is 0 Å². The van der Waals surface area contributed by atoms with Crippen molar-refractivity contribution in [3.63, 3.8) is 0 Å². The molecule has 0 aliphatic carbocycles. The number of hydrogen-bond acceptors (Lipinski definition) is 2. The van der Waals surface area contributed by atoms with Gasteiger partial charge in [-0.2, -0.15) is 0 Å². The third-order valence-electron chi connectivity index (χ3n) is 2.92. The molecule has 0 atom stereocenters. The number of nitrogens with one attached hydrogen (secondary N) is 1. The predicted octanol–water partition coefficient (Wildman–Crippen LogP) is 2.09. The first-order valence-electron chi connectivity index (χ1n) is 5.90. The summed E-state index contributed by atoms with van der Waals surface area (Å²) in [4.78, 5) is 0. The van der Waals surface area contributed by atoms with Gasteiger partial charge in [0.1, 0.15) is 0 Å². The molecule has 0 unspecified atom stereocenters. The largest absolute Gasteiger partial charge is 0.215 e. The van der Waals surface area contributed by atoms with Crippen molar-refractivity contribution in [3.8, 4) is 0 Å². The van der Waals surface area contributed by atoms with Gasteiger partial charge < -0.3 is 0 Å². The van der Waals surface area contributed by atoms with Crippen molar-refractivity contribution in [2.45, 2.75) is 34.1 Å². The molecule has 3 nitrogen and oxygen atoms in total. The molecule has 17 heavy (non-hydrogen) atoms. The topological polar surface area (TPSA) is 46.2 Å². The van der Waals surface area contributed by atoms with Crippen LogP contribution >= 0.6 is 0 Å². The van der Waals surface area contributed by atoms with E-state index in [0.29, 0.717) is 6.54 Å². The second-order valence-corrected chi connectivity index (χ2v) is 6.52. The molecule has 0 aliphatic rings. The van der Waals surface area contributed by atoms with Gasteiger partial charge in [-0.05, 0) is 50.8 Å². The Balaban J connectivity index is 2.71. The smallest absolute Gasteiger partial charge is 0.211 e. The maximum Gasteiger partial charge on any atom is 0.211 e. The van der Waals surface area contributed by atoms with Crippen LogP contribution in [0.25, 0.3) is 0 Å². The lowest BCUT2D eigenvalue weighted by Crippen LogP contribution is -2.27. The zero-order valence-corrected chi connectivity index (χ0v) is 11.8. The molecule has 0 aromatic heterocycles. The fraction of sp³-hybridized carbons (Fsp3) is 0.538. The van der Waals surface area contributed by atoms with Gasteiger partial charge in [0.15, 0.2) is 0 Å². The number of rotatable bonds is 5. The van der Waals surface area contributed by atoms with Gasteiger partial charge in [-0.1, -0.05) is 17.7 Å². The average Bonchev–Trinajstić information content (AvgIpc) is 2.22. The van der Waals surface area contributed by atoms with E-state index >= 15 is 0 Å². The van der Waals surface area contributed by atoms with Gasteiger partial charge in [0.05, 0.1) is 5.75 Å². The lowest BCUT2D eigenvalue weighted by molar-refractivity contribution is 0.583. The zero-order chi connectivity index (χ0) is 13.1. The van der Waals surface area contributed by atoms with E-state index in [2.05, 4.69) is 37.6 Å². The Morgan fingerprint density at radius 1 is 1.12 bits per heavy atom. The molecule has 1 aromatic rings. The molecule has 1 aromatic carbocycles. The Bertz CT molecular complexity index is 469. The molecule has 0 radical (unpaired) electrons. The van der Waals surface area contributed by atoms with Crippen LogP contribution in [0.2, 0.25) is 0 Å². The minimum Gasteiger partial charge on any atom is -0.215 e. The average molecular weight is 255 g/mol. The number of sulfonamides is 1. The Morgan fingerprint density at radius 2 is 1.65 bits per heavy atom. The maximum atomic E-state index is 11.3. The SMILES string of the molecule is CCS(=O)(=O)NCCc1c(C)cc(C)cc1C. The van der Waals surface area contributed by atoms with Crippen LogP contribution in [0.3, 0.4) is 0 Å². The zero-order valence-electron chi connectivity index (χ0n) is 11.0. The van der Waals surface area contributed by atoms with Crippen molar-refractivity contribution >= 4 is 10.0 Å². The molecule has 0 heterocycles. The molecule has 1 N–H and O–H groups in total. The van der Waals surface area contributed by atoms with Crippen molar-refractivity contribution in [2.75, 3.05) is 12.3 Å². The highest BCUT2D eigenvalue weighted by Crippen LogP contribution is 2.16. The summed E-state index contributed by atoms with van der Waals surface area (Å²) in [7, 11) is -3.07. The molecule has 96 valence electrons. The van der Waals surface area contributed by atoms with Gasteiger partial charge in [-0.15, -0.1) is 0 Å². The summed E-state index contributed by atoms with van der Waals surface area (Å²) >= 11 is 0. The van der Waals surface area contributed by atoms with E-state index in [-0.39, 0.29) is 5.75 Å². The minimum absolute atomic E-state index is 0.138. The molecular formula is C13H21NO2S. The molecule has 1 rings (SSSR count). The van der Waals surface area contributed by atoms with Crippen LogP contribution in [-0.4, -0.2) is 20.7 Å². The summed E-state index contributed by atoms with van der Waals surface area (Å²) in [5, 5.41) is 0. The summed E-state index contributed by atoms with van der Waals surface area (Å²) in [6.07, 6.45) is 0.747. The van der Waals surface area contributed by atoms with Crippen LogP contribution in [0.15, 0.2) is 12.1 Å². The van der Waals surface area contributed by atoms with Crippen LogP contribution in [0.5, 0.6) is 0 Å². The maximum absolute atomic E-state index is 11.3. The summed E-state index contributed by atoms with van der Waals surface area (Å²) in [5.74, 6) is 0.138. The first-order valence-corrected chi connectivity index (χ1v) is 7.55. The number of hydrogen-bond donors (Lipinski definition) is 1. The molecule has 0 saturated heterocycles. The number of benzene rings is 1. The van der Waals surface area contributed by atoms with Gasteiger partial charge in [0.25, 0.3) is 0 Å². The van der Waals surface area contributed by atoms with Gasteiger partial charge in [-0.3, -0.25) is 0 Å². The molecular weight excluding hydrogens is 234 g/mol. The molecule has 0 amide bonds. The van der Waals surface area contributed by atoms with Gasteiger partial charge in [0, 0.05) is 6.54 Å². The predicted molar refractivity (Wildman–Crippen MR) is 71.8 cm³/mol. The van der Waals surface area contributed by atoms with E-state index in [1.807, 2.05) is 0 Å². The monoisotopic (exact) mass is 255 g/mol. The van der Waals surface area contributed by atoms with Crippen LogP contribution < -0.4 is 4.72 Å². The molecule has 0 fully saturated rings. The van der Waals surface area contributed by atoms with Crippen molar-refractivity contribution in [1.29, 1.82) is 0 Å². The van der Waals surface area contributed by atoms with Crippen LogP contribution in [-0.2, 0) is 16.4 Å². The van der Waals surface area contributed by atoms with E-state index in [4.69, 9.17) is 0 Å². The highest BCUT2D eigenvalue weighted by atomic mass is 32.2. The summed E-state index contributed by atoms with van der Waals surface area (Å²) in [6, 6.07) is 4.27. The molecule has 0 bridgehead atoms. The van der Waals surface area contributed by atoms with Gasteiger partial charge in [-0.25, -0.2) is 13.1 Å². The molecule has 0 aliphatic heterocycles. The van der Waals surface area contributed by atoms with Crippen molar-refractivity contribution in [2.24, 2.45) is 0 Å². The third kappa shape index (κ3) is 4.13. The highest BCUT2D eigenvalue weighted by molar-refractivity contribution is 7.89. The van der Waals surface area contributed by atoms with Gasteiger partial charge in [0.2, 0.25) is 10.0 Å². The third-order valence-corrected chi connectivity index (χ3v) is 4.32. The fourth-order valence-electron chi connectivity index (χ4n) is 2.04. The number of aryl methyl sites for hydroxylation is 3. The standard InChI is InChI=1S/C13H21NO2S/c1-5-17(15,16)14-7-6-13-11(3)8-10(2)9-12(13)4/h8-9,14H,5-7H2,1-4H3. The van der Waals surface area contributed by atoms with E-state index in [0.717, 1.165) is 6.42 Å². The van der Waals surface area contributed by atoms with E-state index in [1.165, 1.54) is 22.3 Å². The summed E-state index contributed by atoms with van der Waals surface area (Å²) < 4.78 is 25.2. The molecule has 0 spiro atoms. The van der Waals surface area contributed by atoms with E-state index < -0.39 is 10.0 Å². The molecule has 4 heteroatoms. The van der Waals surface area contributed by atoms with Crippen LogP contribution in [0, 0.1) is 20.8 Å². The quantitative estimate of drug-likeness (QED) is 0.875. The second kappa shape index (κ2) is 5.65. The summed E-state index contributed by atoms with van der Waals surface area (Å²) in [5.41, 5.74) is 4.96. The summed E-state index contributed by atoms with van der Waals surface area (Å²) in [6.45, 7) is 8.34. The lowest BCUT2D eigenvalue weighted by Gasteiger charge is -2.11. The Hall–Kier alpha value is -0.870. The highest BCUT2D eigenvalue weighted by Gasteiger charge is 2.07. The minimum atomic E-state index is -3.07. The first kappa shape index (κ1) is 14.2. The van der Waals surface area contributed by atoms with Crippen molar-refractivity contribution < 1.29 is 8.42 Å². The van der Waals surface area contributed by atoms with Crippen LogP contribution in [0.1, 0.15) is 29.2 Å². The Kier molecular flexibility index (Phi) is 4.71. The fourth-order valence-corrected chi connectivity index (χ4v) is 2.66. The van der Waals surface area contributed by atoms with E-state index in [1.54, 1.807) is 6.92 Å². The van der Waals surface area contributed by atoms with Gasteiger partial charge >= 0.3 is 0 Å². The van der Waals surface area contributed by atoms with Crippen molar-refractivity contribution in [3.05, 3.63) is 34.4 Å². The lowest BCUT2D eigenvalue weighted by atomic mass is 9.97. The second-order valence-electron chi connectivity index (χ2n) is 4.43. The molecule has 0 saturated carbocycles.